The van der Waals surface area contributed by atoms with Crippen LogP contribution in [0, 0.1) is 6.92 Å². The number of nitrogen functional groups attached to an aromatic ring is 1. The van der Waals surface area contributed by atoms with Crippen LogP contribution in [0.25, 0.3) is 0 Å². The molecule has 8 heteroatoms. The van der Waals surface area contributed by atoms with Gasteiger partial charge in [-0.15, -0.1) is 0 Å². The van der Waals surface area contributed by atoms with Crippen LogP contribution in [-0.4, -0.2) is 18.4 Å². The van der Waals surface area contributed by atoms with Crippen molar-refractivity contribution in [2.75, 3.05) is 10.5 Å². The number of anilines is 2. The molecule has 2 rings (SSSR count). The van der Waals surface area contributed by atoms with E-state index in [2.05, 4.69) is 14.7 Å². The summed E-state index contributed by atoms with van der Waals surface area (Å²) in [5.41, 5.74) is 6.09. The smallest absolute Gasteiger partial charge is 0.279 e. The van der Waals surface area contributed by atoms with Crippen LogP contribution in [-0.2, 0) is 10.0 Å². The van der Waals surface area contributed by atoms with Crippen LogP contribution in [0.4, 0.5) is 11.4 Å². The van der Waals surface area contributed by atoms with Crippen molar-refractivity contribution in [3.8, 4) is 0 Å². The molecule has 1 heterocycles. The summed E-state index contributed by atoms with van der Waals surface area (Å²) in [7, 11) is -3.77. The van der Waals surface area contributed by atoms with Gasteiger partial charge in [0.1, 0.15) is 5.82 Å². The van der Waals surface area contributed by atoms with E-state index in [0.29, 0.717) is 5.82 Å². The fourth-order valence-electron chi connectivity index (χ4n) is 1.37. The fourth-order valence-corrected chi connectivity index (χ4v) is 2.74. The highest BCUT2D eigenvalue weighted by molar-refractivity contribution is 7.92. The van der Waals surface area contributed by atoms with Gasteiger partial charge in [-0.1, -0.05) is 17.7 Å². The minimum atomic E-state index is -3.77. The molecule has 96 valence electrons. The average Bonchev–Trinajstić information content (AvgIpc) is 2.71. The van der Waals surface area contributed by atoms with Crippen LogP contribution in [0.2, 0.25) is 5.02 Å². The van der Waals surface area contributed by atoms with Gasteiger partial charge in [0.2, 0.25) is 0 Å². The number of nitrogens with two attached hydrogens (primary N) is 1. The first-order valence-corrected chi connectivity index (χ1v) is 6.84. The Hall–Kier alpha value is -1.73. The number of nitrogens with one attached hydrogen (secondary N) is 2. The van der Waals surface area contributed by atoms with Crippen molar-refractivity contribution < 1.29 is 8.42 Å². The molecule has 0 unspecified atom stereocenters. The van der Waals surface area contributed by atoms with Gasteiger partial charge in [-0.05, 0) is 19.1 Å². The molecule has 0 aliphatic rings. The Morgan fingerprint density at radius 2 is 2.17 bits per heavy atom. The van der Waals surface area contributed by atoms with Crippen molar-refractivity contribution in [2.24, 2.45) is 0 Å². The average molecular weight is 287 g/mol. The first kappa shape index (κ1) is 12.7. The highest BCUT2D eigenvalue weighted by atomic mass is 35.5. The van der Waals surface area contributed by atoms with Crippen LogP contribution in [0.15, 0.2) is 29.4 Å². The summed E-state index contributed by atoms with van der Waals surface area (Å²) >= 11 is 5.90. The number of sulfonamides is 1. The van der Waals surface area contributed by atoms with Gasteiger partial charge in [-0.3, -0.25) is 4.72 Å². The maximum atomic E-state index is 12.0. The number of halogens is 1. The molecule has 6 nitrogen and oxygen atoms in total. The zero-order chi connectivity index (χ0) is 13.3. The molecular formula is C10H11ClN4O2S. The number of aromatic amines is 1. The van der Waals surface area contributed by atoms with Gasteiger partial charge in [0, 0.05) is 0 Å². The Morgan fingerprint density at radius 1 is 1.44 bits per heavy atom. The monoisotopic (exact) mass is 286 g/mol. The first-order valence-electron chi connectivity index (χ1n) is 4.98. The lowest BCUT2D eigenvalue weighted by atomic mass is 10.3. The number of aromatic nitrogens is 2. The zero-order valence-electron chi connectivity index (χ0n) is 9.44. The lowest BCUT2D eigenvalue weighted by Crippen LogP contribution is -2.15. The van der Waals surface area contributed by atoms with E-state index in [1.807, 2.05) is 0 Å². The molecule has 0 aliphatic heterocycles. The Morgan fingerprint density at radius 3 is 2.72 bits per heavy atom. The second-order valence-electron chi connectivity index (χ2n) is 3.64. The van der Waals surface area contributed by atoms with Gasteiger partial charge in [0.05, 0.1) is 22.6 Å². The van der Waals surface area contributed by atoms with E-state index in [1.165, 1.54) is 6.20 Å². The Bertz CT molecular complexity index is 661. The number of hydrogen-bond acceptors (Lipinski definition) is 4. The molecule has 2 aromatic rings. The molecule has 0 atom stereocenters. The summed E-state index contributed by atoms with van der Waals surface area (Å²) in [6, 6.07) is 4.74. The van der Waals surface area contributed by atoms with Crippen molar-refractivity contribution in [3.05, 3.63) is 35.2 Å². The number of hydrogen-bond donors (Lipinski definition) is 3. The predicted molar refractivity (Wildman–Crippen MR) is 70.0 cm³/mol. The summed E-state index contributed by atoms with van der Waals surface area (Å²) in [6.45, 7) is 1.66. The van der Waals surface area contributed by atoms with E-state index in [-0.39, 0.29) is 21.4 Å². The molecule has 0 spiro atoms. The number of imidazole rings is 1. The third-order valence-corrected chi connectivity index (χ3v) is 3.83. The van der Waals surface area contributed by atoms with E-state index in [4.69, 9.17) is 17.3 Å². The quantitative estimate of drug-likeness (QED) is 0.748. The molecule has 0 saturated heterocycles. The second-order valence-corrected chi connectivity index (χ2v) is 5.70. The van der Waals surface area contributed by atoms with E-state index in [1.54, 1.807) is 25.1 Å². The molecule has 4 N–H and O–H groups in total. The number of nitrogens with zero attached hydrogens (tertiary/aromatic N) is 1. The minimum absolute atomic E-state index is 0.0423. The number of rotatable bonds is 3. The Labute approximate surface area is 109 Å². The van der Waals surface area contributed by atoms with Crippen LogP contribution < -0.4 is 10.5 Å². The topological polar surface area (TPSA) is 101 Å². The molecule has 0 radical (unpaired) electrons. The number of para-hydroxylation sites is 1. The van der Waals surface area contributed by atoms with Crippen molar-refractivity contribution in [1.29, 1.82) is 0 Å². The van der Waals surface area contributed by atoms with E-state index in [0.717, 1.165) is 0 Å². The number of H-pyrrole nitrogens is 1. The largest absolute Gasteiger partial charge is 0.397 e. The van der Waals surface area contributed by atoms with Crippen LogP contribution in [0.1, 0.15) is 5.82 Å². The van der Waals surface area contributed by atoms with E-state index >= 15 is 0 Å². The summed E-state index contributed by atoms with van der Waals surface area (Å²) in [5, 5.41) is 0.189. The van der Waals surface area contributed by atoms with Gasteiger partial charge < -0.3 is 10.7 Å². The summed E-state index contributed by atoms with van der Waals surface area (Å²) in [4.78, 5) is 6.46. The molecule has 0 aliphatic carbocycles. The molecule has 0 amide bonds. The lowest BCUT2D eigenvalue weighted by Gasteiger charge is -2.10. The summed E-state index contributed by atoms with van der Waals surface area (Å²) in [5.74, 6) is 0.502. The Balaban J connectivity index is 2.40. The van der Waals surface area contributed by atoms with Crippen LogP contribution >= 0.6 is 11.6 Å². The van der Waals surface area contributed by atoms with Crippen LogP contribution in [0.3, 0.4) is 0 Å². The predicted octanol–water partition coefficient (Wildman–Crippen LogP) is 1.75. The summed E-state index contributed by atoms with van der Waals surface area (Å²) in [6.07, 6.45) is 1.23. The third kappa shape index (κ3) is 2.41. The molecule has 0 saturated carbocycles. The van der Waals surface area contributed by atoms with E-state index in [9.17, 15) is 8.42 Å². The number of aryl methyl sites for hydroxylation is 1. The minimum Gasteiger partial charge on any atom is -0.397 e. The van der Waals surface area contributed by atoms with Gasteiger partial charge in [0.15, 0.2) is 5.03 Å². The van der Waals surface area contributed by atoms with E-state index < -0.39 is 10.0 Å². The molecule has 18 heavy (non-hydrogen) atoms. The lowest BCUT2D eigenvalue weighted by molar-refractivity contribution is 0.598. The van der Waals surface area contributed by atoms with Crippen molar-refractivity contribution in [1.82, 2.24) is 9.97 Å². The van der Waals surface area contributed by atoms with Crippen molar-refractivity contribution >= 4 is 33.0 Å². The number of benzene rings is 1. The fraction of sp³-hybridized carbons (Fsp3) is 0.100. The summed E-state index contributed by atoms with van der Waals surface area (Å²) < 4.78 is 26.4. The SMILES string of the molecule is Cc1ncc(S(=O)(=O)Nc2c(N)cccc2Cl)[nH]1. The maximum Gasteiger partial charge on any atom is 0.279 e. The standard InChI is InChI=1S/C10H11ClN4O2S/c1-6-13-5-9(14-6)18(16,17)15-10-7(11)3-2-4-8(10)12/h2-5,15H,12H2,1H3,(H,13,14). The van der Waals surface area contributed by atoms with Crippen LogP contribution in [0.5, 0.6) is 0 Å². The highest BCUT2D eigenvalue weighted by Gasteiger charge is 2.19. The molecule has 1 aromatic heterocycles. The Kier molecular flexibility index (Phi) is 3.18. The zero-order valence-corrected chi connectivity index (χ0v) is 11.0. The van der Waals surface area contributed by atoms with Gasteiger partial charge in [-0.2, -0.15) is 8.42 Å². The maximum absolute atomic E-state index is 12.0. The van der Waals surface area contributed by atoms with Gasteiger partial charge in [-0.25, -0.2) is 4.98 Å². The molecular weight excluding hydrogens is 276 g/mol. The van der Waals surface area contributed by atoms with Gasteiger partial charge >= 0.3 is 0 Å². The molecule has 0 fully saturated rings. The van der Waals surface area contributed by atoms with Crippen molar-refractivity contribution in [3.63, 3.8) is 0 Å². The first-order chi connectivity index (χ1) is 8.40. The highest BCUT2D eigenvalue weighted by Crippen LogP contribution is 2.29. The molecule has 1 aromatic carbocycles. The van der Waals surface area contributed by atoms with Gasteiger partial charge in [0.25, 0.3) is 10.0 Å². The second kappa shape index (κ2) is 4.51. The third-order valence-electron chi connectivity index (χ3n) is 2.25. The van der Waals surface area contributed by atoms with Crippen molar-refractivity contribution in [2.45, 2.75) is 11.9 Å². The normalized spacial score (nSPS) is 11.4. The molecule has 0 bridgehead atoms.